The van der Waals surface area contributed by atoms with Gasteiger partial charge in [-0.3, -0.25) is 4.79 Å². The van der Waals surface area contributed by atoms with Gasteiger partial charge in [0.25, 0.3) is 5.56 Å². The standard InChI is InChI=1S/C18H19NO2S/c1-5-6-7-21-16-9-14(10-17(11-16)22-4)15-8-13(2)18(20)19(3)12-15/h8-12H,7H2,1-4H3. The summed E-state index contributed by atoms with van der Waals surface area (Å²) >= 11 is 1.66. The first kappa shape index (κ1) is 16.3. The molecular formula is C18H19NO2S. The summed E-state index contributed by atoms with van der Waals surface area (Å²) in [6.45, 7) is 4.00. The molecule has 0 aliphatic heterocycles. The molecule has 0 atom stereocenters. The number of aromatic nitrogens is 1. The third-order valence-electron chi connectivity index (χ3n) is 3.30. The Morgan fingerprint density at radius 1 is 1.23 bits per heavy atom. The van der Waals surface area contributed by atoms with Gasteiger partial charge in [0.2, 0.25) is 0 Å². The van der Waals surface area contributed by atoms with Crippen molar-refractivity contribution in [3.63, 3.8) is 0 Å². The Kier molecular flexibility index (Phi) is 5.35. The van der Waals surface area contributed by atoms with Crippen molar-refractivity contribution in [3.8, 4) is 28.7 Å². The molecule has 0 unspecified atom stereocenters. The molecule has 1 heterocycles. The fraction of sp³-hybridized carbons (Fsp3) is 0.278. The largest absolute Gasteiger partial charge is 0.481 e. The maximum atomic E-state index is 11.8. The lowest BCUT2D eigenvalue weighted by Gasteiger charge is -2.11. The van der Waals surface area contributed by atoms with Gasteiger partial charge in [-0.2, -0.15) is 0 Å². The van der Waals surface area contributed by atoms with Gasteiger partial charge in [-0.15, -0.1) is 17.7 Å². The molecule has 0 radical (unpaired) electrons. The number of rotatable bonds is 4. The topological polar surface area (TPSA) is 31.2 Å². The Hall–Kier alpha value is -2.12. The lowest BCUT2D eigenvalue weighted by molar-refractivity contribution is 0.369. The number of aryl methyl sites for hydroxylation is 2. The first-order chi connectivity index (χ1) is 10.5. The number of hydrogen-bond acceptors (Lipinski definition) is 3. The van der Waals surface area contributed by atoms with Crippen LogP contribution in [0.4, 0.5) is 0 Å². The van der Waals surface area contributed by atoms with Gasteiger partial charge in [-0.25, -0.2) is 0 Å². The average Bonchev–Trinajstić information content (AvgIpc) is 2.52. The van der Waals surface area contributed by atoms with Crippen molar-refractivity contribution in [1.29, 1.82) is 0 Å². The minimum Gasteiger partial charge on any atom is -0.481 e. The molecule has 22 heavy (non-hydrogen) atoms. The van der Waals surface area contributed by atoms with Crippen molar-refractivity contribution < 1.29 is 4.74 Å². The van der Waals surface area contributed by atoms with Crippen LogP contribution >= 0.6 is 11.8 Å². The maximum Gasteiger partial charge on any atom is 0.253 e. The zero-order valence-corrected chi connectivity index (χ0v) is 14.1. The molecule has 0 aliphatic carbocycles. The van der Waals surface area contributed by atoms with Crippen LogP contribution in [-0.4, -0.2) is 17.4 Å². The van der Waals surface area contributed by atoms with E-state index < -0.39 is 0 Å². The summed E-state index contributed by atoms with van der Waals surface area (Å²) in [5, 5.41) is 0. The molecule has 2 aromatic rings. The van der Waals surface area contributed by atoms with Crippen LogP contribution in [0, 0.1) is 18.8 Å². The fourth-order valence-corrected chi connectivity index (χ4v) is 2.65. The molecule has 0 fully saturated rings. The quantitative estimate of drug-likeness (QED) is 0.639. The van der Waals surface area contributed by atoms with Gasteiger partial charge in [-0.1, -0.05) is 5.92 Å². The number of benzene rings is 1. The summed E-state index contributed by atoms with van der Waals surface area (Å²) in [6.07, 6.45) is 3.88. The number of thioether (sulfide) groups is 1. The van der Waals surface area contributed by atoms with Gasteiger partial charge in [0.05, 0.1) is 0 Å². The predicted octanol–water partition coefficient (Wildman–Crippen LogP) is 3.48. The highest BCUT2D eigenvalue weighted by molar-refractivity contribution is 7.98. The lowest BCUT2D eigenvalue weighted by Crippen LogP contribution is -2.18. The van der Waals surface area contributed by atoms with E-state index in [9.17, 15) is 4.79 Å². The van der Waals surface area contributed by atoms with Crippen LogP contribution in [0.25, 0.3) is 11.1 Å². The molecule has 1 aromatic carbocycles. The van der Waals surface area contributed by atoms with Crippen LogP contribution in [-0.2, 0) is 7.05 Å². The molecule has 2 rings (SSSR count). The summed E-state index contributed by atoms with van der Waals surface area (Å²) in [4.78, 5) is 12.9. The summed E-state index contributed by atoms with van der Waals surface area (Å²) < 4.78 is 7.29. The predicted molar refractivity (Wildman–Crippen MR) is 92.6 cm³/mol. The van der Waals surface area contributed by atoms with Gasteiger partial charge >= 0.3 is 0 Å². The number of pyridine rings is 1. The molecule has 114 valence electrons. The van der Waals surface area contributed by atoms with E-state index >= 15 is 0 Å². The van der Waals surface area contributed by atoms with Crippen LogP contribution in [0.1, 0.15) is 12.5 Å². The third kappa shape index (κ3) is 3.75. The van der Waals surface area contributed by atoms with Gasteiger partial charge in [0.1, 0.15) is 12.4 Å². The first-order valence-electron chi connectivity index (χ1n) is 6.94. The molecule has 0 N–H and O–H groups in total. The van der Waals surface area contributed by atoms with E-state index in [1.807, 2.05) is 37.6 Å². The highest BCUT2D eigenvalue weighted by Gasteiger charge is 2.07. The molecule has 0 saturated heterocycles. The molecule has 0 saturated carbocycles. The van der Waals surface area contributed by atoms with Crippen molar-refractivity contribution in [1.82, 2.24) is 4.57 Å². The summed E-state index contributed by atoms with van der Waals surface area (Å²) in [6, 6.07) is 8.00. The molecule has 0 spiro atoms. The zero-order chi connectivity index (χ0) is 16.1. The Bertz CT molecular complexity index is 771. The SMILES string of the molecule is CC#CCOc1cc(SC)cc(-c2cc(C)c(=O)n(C)c2)c1. The average molecular weight is 313 g/mol. The van der Waals surface area contributed by atoms with Crippen molar-refractivity contribution in [2.45, 2.75) is 18.7 Å². The minimum absolute atomic E-state index is 0.0273. The van der Waals surface area contributed by atoms with Gasteiger partial charge < -0.3 is 9.30 Å². The fourth-order valence-electron chi connectivity index (χ4n) is 2.17. The van der Waals surface area contributed by atoms with Crippen LogP contribution in [0.15, 0.2) is 40.2 Å². The van der Waals surface area contributed by atoms with E-state index in [2.05, 4.69) is 17.9 Å². The van der Waals surface area contributed by atoms with E-state index in [0.29, 0.717) is 6.61 Å². The summed E-state index contributed by atoms with van der Waals surface area (Å²) in [7, 11) is 1.77. The van der Waals surface area contributed by atoms with E-state index in [4.69, 9.17) is 4.74 Å². The zero-order valence-electron chi connectivity index (χ0n) is 13.3. The van der Waals surface area contributed by atoms with Crippen LogP contribution in [0.2, 0.25) is 0 Å². The van der Waals surface area contributed by atoms with Crippen molar-refractivity contribution in [2.75, 3.05) is 12.9 Å². The normalized spacial score (nSPS) is 10.0. The number of hydrogen-bond donors (Lipinski definition) is 0. The first-order valence-corrected chi connectivity index (χ1v) is 8.16. The monoisotopic (exact) mass is 313 g/mol. The number of ether oxygens (including phenoxy) is 1. The van der Waals surface area contributed by atoms with E-state index in [1.165, 1.54) is 0 Å². The van der Waals surface area contributed by atoms with Crippen LogP contribution in [0.3, 0.4) is 0 Å². The Balaban J connectivity index is 2.47. The molecule has 3 nitrogen and oxygen atoms in total. The van der Waals surface area contributed by atoms with Gasteiger partial charge in [-0.05, 0) is 55.5 Å². The summed E-state index contributed by atoms with van der Waals surface area (Å²) in [5.74, 6) is 6.50. The summed E-state index contributed by atoms with van der Waals surface area (Å²) in [5.41, 5.74) is 2.79. The lowest BCUT2D eigenvalue weighted by atomic mass is 10.1. The number of nitrogens with zero attached hydrogens (tertiary/aromatic N) is 1. The molecule has 4 heteroatoms. The maximum absolute atomic E-state index is 11.8. The molecule has 1 aromatic heterocycles. The second kappa shape index (κ2) is 7.24. The van der Waals surface area contributed by atoms with E-state index in [1.54, 1.807) is 30.3 Å². The third-order valence-corrected chi connectivity index (χ3v) is 4.01. The van der Waals surface area contributed by atoms with Crippen molar-refractivity contribution in [3.05, 3.63) is 46.4 Å². The van der Waals surface area contributed by atoms with E-state index in [-0.39, 0.29) is 5.56 Å². The highest BCUT2D eigenvalue weighted by Crippen LogP contribution is 2.30. The van der Waals surface area contributed by atoms with Crippen LogP contribution in [0.5, 0.6) is 5.75 Å². The minimum atomic E-state index is 0.0273. The molecule has 0 bridgehead atoms. The molecular weight excluding hydrogens is 294 g/mol. The van der Waals surface area contributed by atoms with Gasteiger partial charge in [0.15, 0.2) is 0 Å². The smallest absolute Gasteiger partial charge is 0.253 e. The second-order valence-electron chi connectivity index (χ2n) is 4.94. The molecule has 0 aliphatic rings. The Morgan fingerprint density at radius 3 is 2.64 bits per heavy atom. The van der Waals surface area contributed by atoms with Crippen molar-refractivity contribution >= 4 is 11.8 Å². The van der Waals surface area contributed by atoms with Gasteiger partial charge in [0, 0.05) is 23.7 Å². The van der Waals surface area contributed by atoms with Crippen molar-refractivity contribution in [2.24, 2.45) is 7.05 Å². The van der Waals surface area contributed by atoms with Crippen LogP contribution < -0.4 is 10.3 Å². The Morgan fingerprint density at radius 2 is 2.00 bits per heavy atom. The van der Waals surface area contributed by atoms with E-state index in [0.717, 1.165) is 27.3 Å². The highest BCUT2D eigenvalue weighted by atomic mass is 32.2. The molecule has 0 amide bonds. The Labute approximate surface area is 135 Å². The second-order valence-corrected chi connectivity index (χ2v) is 5.82.